The van der Waals surface area contributed by atoms with Crippen LogP contribution in [0.1, 0.15) is 18.6 Å². The van der Waals surface area contributed by atoms with E-state index in [1.807, 2.05) is 30.3 Å². The Kier molecular flexibility index (Phi) is 5.70. The van der Waals surface area contributed by atoms with Crippen LogP contribution in [-0.2, 0) is 19.5 Å². The smallest absolute Gasteiger partial charge is 0.241 e. The summed E-state index contributed by atoms with van der Waals surface area (Å²) in [6.45, 7) is 2.11. The van der Waals surface area contributed by atoms with Gasteiger partial charge in [0.2, 0.25) is 15.9 Å². The molecule has 0 amide bonds. The zero-order valence-electron chi connectivity index (χ0n) is 14.7. The van der Waals surface area contributed by atoms with Gasteiger partial charge in [-0.15, -0.1) is 0 Å². The number of aliphatic imine (C=N–C) groups is 1. The molecular weight excluding hydrogens is 352 g/mol. The summed E-state index contributed by atoms with van der Waals surface area (Å²) in [7, 11) is -2.04. The highest BCUT2D eigenvalue weighted by Gasteiger charge is 2.35. The van der Waals surface area contributed by atoms with E-state index in [1.165, 1.54) is 0 Å². The van der Waals surface area contributed by atoms with Crippen LogP contribution in [0.25, 0.3) is 0 Å². The van der Waals surface area contributed by atoms with Crippen LogP contribution >= 0.6 is 0 Å². The molecule has 2 aromatic carbocycles. The van der Waals surface area contributed by atoms with Crippen LogP contribution in [0.4, 0.5) is 0 Å². The van der Waals surface area contributed by atoms with Gasteiger partial charge in [-0.1, -0.05) is 48.5 Å². The van der Waals surface area contributed by atoms with Gasteiger partial charge in [-0.2, -0.15) is 4.72 Å². The van der Waals surface area contributed by atoms with Crippen LogP contribution in [0.15, 0.2) is 70.6 Å². The number of nitrogens with zero attached hydrogens (tertiary/aromatic N) is 1. The summed E-state index contributed by atoms with van der Waals surface area (Å²) in [5.41, 5.74) is 0.978. The van der Waals surface area contributed by atoms with Crippen molar-refractivity contribution >= 4 is 15.9 Å². The fraction of sp³-hybridized carbons (Fsp3) is 0.316. The first kappa shape index (κ1) is 18.6. The van der Waals surface area contributed by atoms with E-state index in [9.17, 15) is 8.42 Å². The Morgan fingerprint density at radius 1 is 1.12 bits per heavy atom. The Labute approximate surface area is 153 Å². The fourth-order valence-electron chi connectivity index (χ4n) is 2.86. The Bertz CT molecular complexity index is 854. The summed E-state index contributed by atoms with van der Waals surface area (Å²) in [4.78, 5) is 4.76. The van der Waals surface area contributed by atoms with E-state index in [1.54, 1.807) is 44.4 Å². The van der Waals surface area contributed by atoms with Crippen LogP contribution in [0.3, 0.4) is 0 Å². The van der Waals surface area contributed by atoms with Gasteiger partial charge in [0.1, 0.15) is 12.1 Å². The molecular formula is C19H22N2O4S. The van der Waals surface area contributed by atoms with Crippen molar-refractivity contribution in [3.05, 3.63) is 66.2 Å². The first-order chi connectivity index (χ1) is 12.5. The predicted molar refractivity (Wildman–Crippen MR) is 99.6 cm³/mol. The molecule has 1 N–H and O–H groups in total. The van der Waals surface area contributed by atoms with Crippen molar-refractivity contribution in [2.75, 3.05) is 13.7 Å². The molecule has 0 saturated carbocycles. The molecule has 0 fully saturated rings. The van der Waals surface area contributed by atoms with E-state index in [0.717, 1.165) is 5.56 Å². The second-order valence-electron chi connectivity index (χ2n) is 6.10. The third-order valence-electron chi connectivity index (χ3n) is 4.11. The normalized spacial score (nSPS) is 21.1. The molecule has 0 aromatic heterocycles. The van der Waals surface area contributed by atoms with E-state index in [2.05, 4.69) is 9.71 Å². The second-order valence-corrected chi connectivity index (χ2v) is 7.81. The highest BCUT2D eigenvalue weighted by Crippen LogP contribution is 2.30. The quantitative estimate of drug-likeness (QED) is 0.808. The minimum absolute atomic E-state index is 0.207. The molecule has 7 heteroatoms. The fourth-order valence-corrected chi connectivity index (χ4v) is 4.08. The van der Waals surface area contributed by atoms with Gasteiger partial charge in [-0.05, 0) is 24.6 Å². The van der Waals surface area contributed by atoms with Gasteiger partial charge in [0.05, 0.1) is 17.5 Å². The first-order valence-electron chi connectivity index (χ1n) is 8.37. The first-order valence-corrected chi connectivity index (χ1v) is 9.85. The Morgan fingerprint density at radius 2 is 1.73 bits per heavy atom. The highest BCUT2D eigenvalue weighted by molar-refractivity contribution is 7.89. The Balaban J connectivity index is 1.77. The molecule has 26 heavy (non-hydrogen) atoms. The molecule has 0 radical (unpaired) electrons. The van der Waals surface area contributed by atoms with E-state index in [4.69, 9.17) is 9.47 Å². The van der Waals surface area contributed by atoms with E-state index < -0.39 is 16.1 Å². The standard InChI is InChI=1S/C19H22N2O4S/c1-14(21-26(22,23)16-11-7-4-8-12-16)19-20-17(13-24-2)18(25-19)15-9-5-3-6-10-15/h3-12,14,17-18,21H,13H2,1-2H3/t14?,17-,18-/m0/s1. The zero-order chi connectivity index (χ0) is 18.6. The van der Waals surface area contributed by atoms with Gasteiger partial charge >= 0.3 is 0 Å². The van der Waals surface area contributed by atoms with Crippen molar-refractivity contribution in [2.45, 2.75) is 30.0 Å². The highest BCUT2D eigenvalue weighted by atomic mass is 32.2. The average Bonchev–Trinajstić information content (AvgIpc) is 3.07. The summed E-state index contributed by atoms with van der Waals surface area (Å²) in [6, 6.07) is 17.1. The lowest BCUT2D eigenvalue weighted by Crippen LogP contribution is -2.38. The summed E-state index contributed by atoms with van der Waals surface area (Å²) in [5.74, 6) is 0.361. The summed E-state index contributed by atoms with van der Waals surface area (Å²) < 4.78 is 38.9. The number of sulfonamides is 1. The largest absolute Gasteiger partial charge is 0.469 e. The molecule has 1 unspecified atom stereocenters. The van der Waals surface area contributed by atoms with Gasteiger partial charge in [-0.25, -0.2) is 13.4 Å². The molecule has 0 aliphatic carbocycles. The van der Waals surface area contributed by atoms with Crippen molar-refractivity contribution in [2.24, 2.45) is 4.99 Å². The summed E-state index contributed by atoms with van der Waals surface area (Å²) >= 11 is 0. The van der Waals surface area contributed by atoms with Gasteiger partial charge in [-0.3, -0.25) is 0 Å². The molecule has 2 aromatic rings. The van der Waals surface area contributed by atoms with Gasteiger partial charge in [0.15, 0.2) is 0 Å². The lowest BCUT2D eigenvalue weighted by molar-refractivity contribution is 0.118. The molecule has 1 aliphatic rings. The molecule has 1 heterocycles. The molecule has 138 valence electrons. The van der Waals surface area contributed by atoms with Crippen LogP contribution in [0, 0.1) is 0 Å². The lowest BCUT2D eigenvalue weighted by Gasteiger charge is -2.19. The van der Waals surface area contributed by atoms with Crippen LogP contribution < -0.4 is 4.72 Å². The van der Waals surface area contributed by atoms with E-state index in [0.29, 0.717) is 12.5 Å². The molecule has 1 aliphatic heterocycles. The molecule has 6 nitrogen and oxygen atoms in total. The second kappa shape index (κ2) is 7.99. The summed E-state index contributed by atoms with van der Waals surface area (Å²) in [5, 5.41) is 0. The van der Waals surface area contributed by atoms with Gasteiger partial charge in [0.25, 0.3) is 0 Å². The van der Waals surface area contributed by atoms with Crippen LogP contribution in [-0.4, -0.2) is 40.1 Å². The number of ether oxygens (including phenoxy) is 2. The number of rotatable bonds is 7. The van der Waals surface area contributed by atoms with Gasteiger partial charge < -0.3 is 9.47 Å². The topological polar surface area (TPSA) is 77.0 Å². The van der Waals surface area contributed by atoms with Gasteiger partial charge in [0, 0.05) is 7.11 Å². The SMILES string of the molecule is COC[C@@H]1N=C(C(C)NS(=O)(=O)c2ccccc2)O[C@H]1c1ccccc1. The number of hydrogen-bond acceptors (Lipinski definition) is 5. The maximum atomic E-state index is 12.5. The minimum atomic E-state index is -3.65. The number of hydrogen-bond donors (Lipinski definition) is 1. The number of nitrogens with one attached hydrogen (secondary N) is 1. The third-order valence-corrected chi connectivity index (χ3v) is 5.67. The maximum Gasteiger partial charge on any atom is 0.241 e. The van der Waals surface area contributed by atoms with Crippen molar-refractivity contribution in [3.8, 4) is 0 Å². The van der Waals surface area contributed by atoms with E-state index >= 15 is 0 Å². The van der Waals surface area contributed by atoms with Crippen LogP contribution in [0.2, 0.25) is 0 Å². The average molecular weight is 374 g/mol. The van der Waals surface area contributed by atoms with Crippen LogP contribution in [0.5, 0.6) is 0 Å². The van der Waals surface area contributed by atoms with Crippen molar-refractivity contribution in [3.63, 3.8) is 0 Å². The van der Waals surface area contributed by atoms with Crippen molar-refractivity contribution < 1.29 is 17.9 Å². The monoisotopic (exact) mass is 374 g/mol. The molecule has 3 atom stereocenters. The van der Waals surface area contributed by atoms with Crippen molar-refractivity contribution in [1.82, 2.24) is 4.72 Å². The third kappa shape index (κ3) is 4.12. The minimum Gasteiger partial charge on any atom is -0.469 e. The summed E-state index contributed by atoms with van der Waals surface area (Å²) in [6.07, 6.45) is -0.296. The lowest BCUT2D eigenvalue weighted by atomic mass is 10.0. The number of benzene rings is 2. The predicted octanol–water partition coefficient (Wildman–Crippen LogP) is 2.54. The van der Waals surface area contributed by atoms with Crippen molar-refractivity contribution in [1.29, 1.82) is 0 Å². The molecule has 0 saturated heterocycles. The Morgan fingerprint density at radius 3 is 2.35 bits per heavy atom. The molecule has 0 spiro atoms. The Hall–Kier alpha value is -2.22. The molecule has 0 bridgehead atoms. The zero-order valence-corrected chi connectivity index (χ0v) is 15.5. The number of methoxy groups -OCH3 is 1. The van der Waals surface area contributed by atoms with E-state index in [-0.39, 0.29) is 17.0 Å². The molecule has 3 rings (SSSR count). The maximum absolute atomic E-state index is 12.5.